The molecule has 0 aromatic heterocycles. The lowest BCUT2D eigenvalue weighted by atomic mass is 9.83. The molecule has 23 heteroatoms. The molecule has 0 aliphatic carbocycles. The predicted octanol–water partition coefficient (Wildman–Crippen LogP) is 6.47. The van der Waals surface area contributed by atoms with E-state index in [2.05, 4.69) is 16.1 Å². The predicted molar refractivity (Wildman–Crippen MR) is 88.0 cm³/mol. The van der Waals surface area contributed by atoms with Gasteiger partial charge in [0.05, 0.1) is 6.42 Å². The molecule has 0 aromatic carbocycles. The first-order chi connectivity index (χ1) is 17.2. The summed E-state index contributed by atoms with van der Waals surface area (Å²) in [6.07, 6.45) is -26.4. The van der Waals surface area contributed by atoms with Gasteiger partial charge in [0.25, 0.3) is 0 Å². The summed E-state index contributed by atoms with van der Waals surface area (Å²) in [5.41, 5.74) is -9.63. The molecule has 1 N–H and O–H groups in total. The van der Waals surface area contributed by atoms with Gasteiger partial charge < -0.3 is 14.6 Å². The number of alkyl halides is 19. The average Bonchev–Trinajstić information content (AvgIpc) is 2.74. The van der Waals surface area contributed by atoms with E-state index < -0.39 is 83.9 Å². The van der Waals surface area contributed by atoms with Crippen LogP contribution in [0.2, 0.25) is 0 Å². The van der Waals surface area contributed by atoms with E-state index in [9.17, 15) is 93.3 Å². The smallest absolute Gasteiger partial charge is 0.438 e. The van der Waals surface area contributed by atoms with Crippen molar-refractivity contribution in [2.24, 2.45) is 0 Å². The van der Waals surface area contributed by atoms with Gasteiger partial charge in [0, 0.05) is 12.7 Å². The van der Waals surface area contributed by atoms with Crippen LogP contribution in [0.5, 0.6) is 0 Å². The van der Waals surface area contributed by atoms with Crippen molar-refractivity contribution < 1.29 is 103 Å². The Bertz CT molecular complexity index is 922. The molecule has 0 aliphatic rings. The number of methoxy groups -OCH3 is 1. The Balaban J connectivity index is 7.04. The van der Waals surface area contributed by atoms with Gasteiger partial charge in [-0.05, 0) is 6.92 Å². The minimum atomic E-state index is -9.15. The van der Waals surface area contributed by atoms with Gasteiger partial charge in [0.1, 0.15) is 0 Å². The number of carbonyl (C=O) groups is 1. The van der Waals surface area contributed by atoms with Crippen LogP contribution in [0.25, 0.3) is 0 Å². The zero-order valence-corrected chi connectivity index (χ0v) is 18.9. The Morgan fingerprint density at radius 1 is 0.675 bits per heavy atom. The zero-order chi connectivity index (χ0) is 32.9. The van der Waals surface area contributed by atoms with E-state index in [0.29, 0.717) is 7.11 Å². The highest BCUT2D eigenvalue weighted by Gasteiger charge is 2.98. The third-order valence-electron chi connectivity index (χ3n) is 4.87. The van der Waals surface area contributed by atoms with Gasteiger partial charge in [-0.15, -0.1) is 0 Å². The van der Waals surface area contributed by atoms with E-state index in [4.69, 9.17) is 0 Å². The fraction of sp³-hybridized carbons (Fsp3) is 0.824. The maximum absolute atomic E-state index is 14.1. The van der Waals surface area contributed by atoms with Gasteiger partial charge >= 0.3 is 59.5 Å². The zero-order valence-electron chi connectivity index (χ0n) is 18.9. The van der Waals surface area contributed by atoms with Crippen molar-refractivity contribution in [3.05, 3.63) is 12.2 Å². The number of carbonyl (C=O) groups excluding carboxylic acids is 1. The van der Waals surface area contributed by atoms with Crippen LogP contribution in [0.3, 0.4) is 0 Å². The second-order valence-electron chi connectivity index (χ2n) is 7.78. The maximum atomic E-state index is 14.1. The van der Waals surface area contributed by atoms with Crippen LogP contribution >= 0.6 is 0 Å². The summed E-state index contributed by atoms with van der Waals surface area (Å²) in [5.74, 6) is -53.1. The lowest BCUT2D eigenvalue weighted by Crippen LogP contribution is -2.77. The summed E-state index contributed by atoms with van der Waals surface area (Å²) >= 11 is 0. The molecule has 4 nitrogen and oxygen atoms in total. The second-order valence-corrected chi connectivity index (χ2v) is 7.78. The Morgan fingerprint density at radius 2 is 1.00 bits per heavy atom. The van der Waals surface area contributed by atoms with Crippen LogP contribution in [-0.4, -0.2) is 84.1 Å². The van der Waals surface area contributed by atoms with Crippen molar-refractivity contribution in [2.75, 3.05) is 7.11 Å². The first kappa shape index (κ1) is 37.8. The molecule has 0 saturated carbocycles. The summed E-state index contributed by atoms with van der Waals surface area (Å²) in [6.45, 7) is 3.53. The molecule has 0 aromatic rings. The number of aliphatic hydroxyl groups is 1. The monoisotopic (exact) mass is 642 g/mol. The van der Waals surface area contributed by atoms with Crippen LogP contribution in [0.4, 0.5) is 83.4 Å². The quantitative estimate of drug-likeness (QED) is 0.115. The molecule has 238 valence electrons. The van der Waals surface area contributed by atoms with Crippen molar-refractivity contribution in [3.63, 3.8) is 0 Å². The summed E-state index contributed by atoms with van der Waals surface area (Å²) in [4.78, 5) is 11.4. The molecule has 0 aliphatic heterocycles. The minimum absolute atomic E-state index is 0.332. The number of esters is 1. The second kappa shape index (κ2) is 10.6. The van der Waals surface area contributed by atoms with E-state index >= 15 is 0 Å². The summed E-state index contributed by atoms with van der Waals surface area (Å²) in [7, 11) is 0.332. The summed E-state index contributed by atoms with van der Waals surface area (Å²) in [5, 5.41) is 9.30. The average molecular weight is 642 g/mol. The largest absolute Gasteiger partial charge is 0.453 e. The Hall–Kier alpha value is -2.20. The fourth-order valence-electron chi connectivity index (χ4n) is 2.53. The van der Waals surface area contributed by atoms with Crippen LogP contribution in [0, 0.1) is 0 Å². The third kappa shape index (κ3) is 5.50. The fourth-order valence-corrected chi connectivity index (χ4v) is 2.53. The van der Waals surface area contributed by atoms with Crippen molar-refractivity contribution in [3.8, 4) is 0 Å². The Morgan fingerprint density at radius 3 is 1.30 bits per heavy atom. The van der Waals surface area contributed by atoms with E-state index in [-0.39, 0.29) is 0 Å². The maximum Gasteiger partial charge on any atom is 0.438 e. The van der Waals surface area contributed by atoms with Gasteiger partial charge in [-0.1, -0.05) is 6.58 Å². The van der Waals surface area contributed by atoms with E-state index in [1.807, 2.05) is 0 Å². The van der Waals surface area contributed by atoms with Crippen LogP contribution in [0.15, 0.2) is 12.2 Å². The normalized spacial score (nSPS) is 16.9. The number of rotatable bonds is 12. The molecule has 2 atom stereocenters. The molecule has 0 bridgehead atoms. The Kier molecular flexibility index (Phi) is 9.99. The highest BCUT2D eigenvalue weighted by Crippen LogP contribution is 2.66. The molecular weight excluding hydrogens is 629 g/mol. The highest BCUT2D eigenvalue weighted by molar-refractivity contribution is 5.87. The standard InChI is InChI=1S/C17H13F19O4/c1-5(2)7(37)40-6(8(38)39-3)4-9(18,19)11(21,22)13(25,26)15(29,30)14(27,28)12(23,24)10(20,16(31,32)33)17(34,35)36/h6,8,38H,1,4H2,2-3H3. The van der Waals surface area contributed by atoms with E-state index in [1.54, 1.807) is 0 Å². The van der Waals surface area contributed by atoms with Crippen molar-refractivity contribution in [1.29, 1.82) is 0 Å². The van der Waals surface area contributed by atoms with Crippen molar-refractivity contribution >= 4 is 5.97 Å². The van der Waals surface area contributed by atoms with Gasteiger partial charge in [0.15, 0.2) is 12.4 Å². The SMILES string of the molecule is C=C(C)C(=O)OC(CC(F)(F)C(F)(F)C(F)(F)C(F)(F)C(F)(F)C(F)(F)C(F)(C(F)(F)F)C(F)(F)F)C(O)OC. The number of ether oxygens (including phenoxy) is 2. The molecular formula is C17H13F19O4. The number of aliphatic hydroxyl groups excluding tert-OH is 1. The number of halogens is 19. The van der Waals surface area contributed by atoms with E-state index in [1.165, 1.54) is 0 Å². The molecule has 0 heterocycles. The van der Waals surface area contributed by atoms with Crippen LogP contribution < -0.4 is 0 Å². The lowest BCUT2D eigenvalue weighted by molar-refractivity contribution is -0.472. The first-order valence-corrected chi connectivity index (χ1v) is 9.34. The molecule has 2 unspecified atom stereocenters. The summed E-state index contributed by atoms with van der Waals surface area (Å²) in [6, 6.07) is 0. The Labute approximate surface area is 208 Å². The molecule has 0 radical (unpaired) electrons. The number of hydrogen-bond acceptors (Lipinski definition) is 4. The third-order valence-corrected chi connectivity index (χ3v) is 4.87. The van der Waals surface area contributed by atoms with Crippen molar-refractivity contribution in [2.45, 2.75) is 79.3 Å². The van der Waals surface area contributed by atoms with E-state index in [0.717, 1.165) is 6.92 Å². The molecule has 0 fully saturated rings. The molecule has 0 amide bonds. The van der Waals surface area contributed by atoms with Gasteiger partial charge in [-0.2, -0.15) is 79.0 Å². The summed E-state index contributed by atoms with van der Waals surface area (Å²) < 4.78 is 262. The van der Waals surface area contributed by atoms with Gasteiger partial charge in [-0.3, -0.25) is 0 Å². The molecule has 0 saturated heterocycles. The van der Waals surface area contributed by atoms with Gasteiger partial charge in [-0.25, -0.2) is 9.18 Å². The first-order valence-electron chi connectivity index (χ1n) is 9.34. The molecule has 0 rings (SSSR count). The number of hydrogen-bond donors (Lipinski definition) is 1. The van der Waals surface area contributed by atoms with Gasteiger partial charge in [0.2, 0.25) is 0 Å². The topological polar surface area (TPSA) is 55.8 Å². The van der Waals surface area contributed by atoms with Crippen LogP contribution in [-0.2, 0) is 14.3 Å². The lowest BCUT2D eigenvalue weighted by Gasteiger charge is -2.45. The van der Waals surface area contributed by atoms with Crippen molar-refractivity contribution in [1.82, 2.24) is 0 Å². The van der Waals surface area contributed by atoms with Crippen LogP contribution in [0.1, 0.15) is 13.3 Å². The molecule has 0 spiro atoms. The highest BCUT2D eigenvalue weighted by atomic mass is 19.4. The minimum Gasteiger partial charge on any atom is -0.453 e. The molecule has 40 heavy (non-hydrogen) atoms.